The standard InChI is InChI=1S/C21H15NO7/c23-19(14-3-7-17(8-4-14)28-13-21(24)25)11-9-18-10-12-20(29-18)15-1-5-16(6-2-15)22(26)27/h1-12H,13H2,(H,24,25)/b11-9+. The van der Waals surface area contributed by atoms with Crippen LogP contribution >= 0.6 is 0 Å². The zero-order valence-electron chi connectivity index (χ0n) is 15.0. The van der Waals surface area contributed by atoms with Crippen LogP contribution in [-0.2, 0) is 4.79 Å². The minimum absolute atomic E-state index is 0.00889. The van der Waals surface area contributed by atoms with Gasteiger partial charge in [0.05, 0.1) is 4.92 Å². The Labute approximate surface area is 164 Å². The van der Waals surface area contributed by atoms with Crippen LogP contribution in [0.25, 0.3) is 17.4 Å². The Morgan fingerprint density at radius 2 is 1.72 bits per heavy atom. The SMILES string of the molecule is O=C(O)COc1ccc(C(=O)/C=C/c2ccc(-c3ccc([N+](=O)[O-])cc3)o2)cc1. The summed E-state index contributed by atoms with van der Waals surface area (Å²) in [5.41, 5.74) is 1.08. The van der Waals surface area contributed by atoms with E-state index in [0.717, 1.165) is 0 Å². The second-order valence-electron chi connectivity index (χ2n) is 5.91. The molecule has 1 heterocycles. The Morgan fingerprint density at radius 3 is 2.34 bits per heavy atom. The number of rotatable bonds is 8. The maximum Gasteiger partial charge on any atom is 0.341 e. The molecule has 0 amide bonds. The van der Waals surface area contributed by atoms with Gasteiger partial charge in [-0.3, -0.25) is 14.9 Å². The fourth-order valence-electron chi connectivity index (χ4n) is 2.46. The zero-order valence-corrected chi connectivity index (χ0v) is 15.0. The van der Waals surface area contributed by atoms with E-state index in [1.807, 2.05) is 0 Å². The number of carboxylic acid groups (broad SMARTS) is 1. The van der Waals surface area contributed by atoms with E-state index in [2.05, 4.69) is 0 Å². The first-order valence-electron chi connectivity index (χ1n) is 8.44. The van der Waals surface area contributed by atoms with Crippen LogP contribution in [0.15, 0.2) is 71.2 Å². The van der Waals surface area contributed by atoms with Gasteiger partial charge in [-0.05, 0) is 60.7 Å². The van der Waals surface area contributed by atoms with Crippen LogP contribution < -0.4 is 4.74 Å². The maximum absolute atomic E-state index is 12.2. The third-order valence-corrected chi connectivity index (χ3v) is 3.89. The number of nitro groups is 1. The van der Waals surface area contributed by atoms with E-state index >= 15 is 0 Å². The van der Waals surface area contributed by atoms with Crippen molar-refractivity contribution in [3.63, 3.8) is 0 Å². The van der Waals surface area contributed by atoms with Gasteiger partial charge in [-0.15, -0.1) is 0 Å². The summed E-state index contributed by atoms with van der Waals surface area (Å²) in [6.45, 7) is -0.456. The fraction of sp³-hybridized carbons (Fsp3) is 0.0476. The van der Waals surface area contributed by atoms with Crippen molar-refractivity contribution >= 4 is 23.5 Å². The monoisotopic (exact) mass is 393 g/mol. The molecule has 3 aromatic rings. The molecule has 1 aromatic heterocycles. The Bertz CT molecular complexity index is 1060. The summed E-state index contributed by atoms with van der Waals surface area (Å²) in [6, 6.07) is 15.5. The number of hydrogen-bond donors (Lipinski definition) is 1. The van der Waals surface area contributed by atoms with Crippen molar-refractivity contribution in [3.8, 4) is 17.1 Å². The van der Waals surface area contributed by atoms with Crippen molar-refractivity contribution in [3.05, 3.63) is 88.2 Å². The molecule has 0 saturated heterocycles. The highest BCUT2D eigenvalue weighted by Gasteiger charge is 2.08. The molecule has 8 nitrogen and oxygen atoms in total. The number of benzene rings is 2. The maximum atomic E-state index is 12.2. The quantitative estimate of drug-likeness (QED) is 0.263. The van der Waals surface area contributed by atoms with Gasteiger partial charge in [-0.25, -0.2) is 4.79 Å². The summed E-state index contributed by atoms with van der Waals surface area (Å²) in [5.74, 6) is -0.0190. The van der Waals surface area contributed by atoms with E-state index in [1.54, 1.807) is 24.3 Å². The van der Waals surface area contributed by atoms with E-state index in [0.29, 0.717) is 28.4 Å². The molecular formula is C21H15NO7. The molecule has 8 heteroatoms. The highest BCUT2D eigenvalue weighted by atomic mass is 16.6. The molecule has 0 bridgehead atoms. The Kier molecular flexibility index (Phi) is 5.84. The van der Waals surface area contributed by atoms with Crippen molar-refractivity contribution in [2.75, 3.05) is 6.61 Å². The third kappa shape index (κ3) is 5.16. The van der Waals surface area contributed by atoms with Crippen LogP contribution in [-0.4, -0.2) is 28.4 Å². The van der Waals surface area contributed by atoms with Gasteiger partial charge in [0, 0.05) is 23.3 Å². The first-order chi connectivity index (χ1) is 13.9. The molecule has 0 aliphatic heterocycles. The average molecular weight is 393 g/mol. The largest absolute Gasteiger partial charge is 0.482 e. The molecule has 0 atom stereocenters. The lowest BCUT2D eigenvalue weighted by molar-refractivity contribution is -0.384. The molecular weight excluding hydrogens is 378 g/mol. The number of nitrogens with zero attached hydrogens (tertiary/aromatic N) is 1. The molecule has 146 valence electrons. The lowest BCUT2D eigenvalue weighted by Gasteiger charge is -2.03. The van der Waals surface area contributed by atoms with Gasteiger partial charge in [0.15, 0.2) is 12.4 Å². The number of ether oxygens (including phenoxy) is 1. The van der Waals surface area contributed by atoms with E-state index in [4.69, 9.17) is 14.3 Å². The van der Waals surface area contributed by atoms with Crippen LogP contribution in [0.4, 0.5) is 5.69 Å². The van der Waals surface area contributed by atoms with Gasteiger partial charge in [-0.2, -0.15) is 0 Å². The number of allylic oxidation sites excluding steroid dienone is 1. The lowest BCUT2D eigenvalue weighted by Crippen LogP contribution is -2.09. The first kappa shape index (κ1) is 19.6. The summed E-state index contributed by atoms with van der Waals surface area (Å²) in [7, 11) is 0. The number of hydrogen-bond acceptors (Lipinski definition) is 6. The lowest BCUT2D eigenvalue weighted by atomic mass is 10.1. The van der Waals surface area contributed by atoms with Crippen molar-refractivity contribution in [1.29, 1.82) is 0 Å². The molecule has 2 aromatic carbocycles. The molecule has 0 saturated carbocycles. The number of aliphatic carboxylic acids is 1. The highest BCUT2D eigenvalue weighted by Crippen LogP contribution is 2.25. The molecule has 0 aliphatic rings. The molecule has 0 unspecified atom stereocenters. The number of carboxylic acids is 1. The van der Waals surface area contributed by atoms with Crippen LogP contribution in [0.1, 0.15) is 16.1 Å². The fourth-order valence-corrected chi connectivity index (χ4v) is 2.46. The van der Waals surface area contributed by atoms with Crippen LogP contribution in [0.5, 0.6) is 5.75 Å². The van der Waals surface area contributed by atoms with E-state index in [1.165, 1.54) is 48.6 Å². The summed E-state index contributed by atoms with van der Waals surface area (Å²) < 4.78 is 10.7. The van der Waals surface area contributed by atoms with E-state index in [-0.39, 0.29) is 11.5 Å². The van der Waals surface area contributed by atoms with Crippen LogP contribution in [0, 0.1) is 10.1 Å². The minimum Gasteiger partial charge on any atom is -0.482 e. The number of non-ortho nitro benzene ring substituents is 1. The zero-order chi connectivity index (χ0) is 20.8. The molecule has 1 N–H and O–H groups in total. The number of carbonyl (C=O) groups is 2. The summed E-state index contributed by atoms with van der Waals surface area (Å²) >= 11 is 0. The third-order valence-electron chi connectivity index (χ3n) is 3.89. The summed E-state index contributed by atoms with van der Waals surface area (Å²) in [4.78, 5) is 33.0. The van der Waals surface area contributed by atoms with Crippen molar-refractivity contribution in [1.82, 2.24) is 0 Å². The second-order valence-corrected chi connectivity index (χ2v) is 5.91. The summed E-state index contributed by atoms with van der Waals surface area (Å²) in [5, 5.41) is 19.3. The second kappa shape index (κ2) is 8.66. The van der Waals surface area contributed by atoms with Crippen molar-refractivity contribution in [2.24, 2.45) is 0 Å². The van der Waals surface area contributed by atoms with Gasteiger partial charge >= 0.3 is 5.97 Å². The van der Waals surface area contributed by atoms with Gasteiger partial charge in [0.2, 0.25) is 0 Å². The average Bonchev–Trinajstić information content (AvgIpc) is 3.20. The predicted octanol–water partition coefficient (Wildman–Crippen LogP) is 4.21. The highest BCUT2D eigenvalue weighted by molar-refractivity contribution is 6.06. The molecule has 3 rings (SSSR count). The number of carbonyl (C=O) groups excluding carboxylic acids is 1. The topological polar surface area (TPSA) is 120 Å². The smallest absolute Gasteiger partial charge is 0.341 e. The van der Waals surface area contributed by atoms with Gasteiger partial charge in [-0.1, -0.05) is 0 Å². The van der Waals surface area contributed by atoms with Gasteiger partial charge in [0.25, 0.3) is 5.69 Å². The molecule has 0 fully saturated rings. The van der Waals surface area contributed by atoms with Crippen LogP contribution in [0.2, 0.25) is 0 Å². The summed E-state index contributed by atoms with van der Waals surface area (Å²) in [6.07, 6.45) is 2.87. The van der Waals surface area contributed by atoms with Gasteiger partial charge < -0.3 is 14.3 Å². The Hall–Kier alpha value is -4.20. The molecule has 0 radical (unpaired) electrons. The van der Waals surface area contributed by atoms with Crippen molar-refractivity contribution in [2.45, 2.75) is 0 Å². The first-order valence-corrected chi connectivity index (χ1v) is 8.44. The number of nitro benzene ring substituents is 1. The van der Waals surface area contributed by atoms with Crippen molar-refractivity contribution < 1.29 is 28.8 Å². The molecule has 29 heavy (non-hydrogen) atoms. The normalized spacial score (nSPS) is 10.8. The number of furan rings is 1. The van der Waals surface area contributed by atoms with Crippen LogP contribution in [0.3, 0.4) is 0 Å². The molecule has 0 aliphatic carbocycles. The Balaban J connectivity index is 1.65. The predicted molar refractivity (Wildman–Crippen MR) is 104 cm³/mol. The minimum atomic E-state index is -1.08. The number of ketones is 1. The van der Waals surface area contributed by atoms with E-state index in [9.17, 15) is 19.7 Å². The van der Waals surface area contributed by atoms with E-state index < -0.39 is 17.5 Å². The Morgan fingerprint density at radius 1 is 1.03 bits per heavy atom. The van der Waals surface area contributed by atoms with Gasteiger partial charge in [0.1, 0.15) is 17.3 Å². The molecule has 0 spiro atoms.